The van der Waals surface area contributed by atoms with Gasteiger partial charge >= 0.3 is 0 Å². The van der Waals surface area contributed by atoms with Crippen molar-refractivity contribution in [1.82, 2.24) is 9.29 Å². The summed E-state index contributed by atoms with van der Waals surface area (Å²) in [4.78, 5) is 3.93. The van der Waals surface area contributed by atoms with Gasteiger partial charge in [0.05, 0.1) is 12.7 Å². The normalized spacial score (nSPS) is 18.3. The molecule has 0 spiro atoms. The van der Waals surface area contributed by atoms with Crippen molar-refractivity contribution in [2.24, 2.45) is 0 Å². The zero-order valence-corrected chi connectivity index (χ0v) is 12.3. The summed E-state index contributed by atoms with van der Waals surface area (Å²) in [6.07, 6.45) is 2.96. The van der Waals surface area contributed by atoms with Crippen LogP contribution in [-0.4, -0.2) is 48.6 Å². The average molecular weight is 300 g/mol. The predicted octanol–water partition coefficient (Wildman–Crippen LogP) is 0.764. The van der Waals surface area contributed by atoms with Gasteiger partial charge in [0.2, 0.25) is 0 Å². The van der Waals surface area contributed by atoms with Crippen LogP contribution in [-0.2, 0) is 21.4 Å². The van der Waals surface area contributed by atoms with E-state index in [1.54, 1.807) is 6.07 Å². The number of piperidine rings is 1. The summed E-state index contributed by atoms with van der Waals surface area (Å²) in [7, 11) is -3.54. The van der Waals surface area contributed by atoms with Crippen molar-refractivity contribution in [3.05, 3.63) is 23.9 Å². The zero-order chi connectivity index (χ0) is 14.6. The molecule has 1 aliphatic heterocycles. The molecule has 1 saturated heterocycles. The first kappa shape index (κ1) is 15.4. The maximum atomic E-state index is 12.4. The van der Waals surface area contributed by atoms with Crippen LogP contribution in [0.25, 0.3) is 0 Å². The van der Waals surface area contributed by atoms with Crippen LogP contribution >= 0.6 is 0 Å². The molecule has 0 bridgehead atoms. The first-order valence-electron chi connectivity index (χ1n) is 6.75. The number of hydrogen-bond donors (Lipinski definition) is 1. The maximum absolute atomic E-state index is 12.4. The van der Waals surface area contributed by atoms with E-state index >= 15 is 0 Å². The van der Waals surface area contributed by atoms with E-state index in [0.717, 1.165) is 0 Å². The van der Waals surface area contributed by atoms with Crippen LogP contribution in [0.15, 0.2) is 23.4 Å². The highest BCUT2D eigenvalue weighted by molar-refractivity contribution is 7.89. The maximum Gasteiger partial charge on any atom is 0.260 e. The van der Waals surface area contributed by atoms with E-state index in [0.29, 0.717) is 38.1 Å². The SMILES string of the molecule is CCOC1CCN(S(=O)(=O)c2ccc(CO)cn2)CC1. The zero-order valence-electron chi connectivity index (χ0n) is 11.5. The number of aliphatic hydroxyl groups is 1. The fraction of sp³-hybridized carbons (Fsp3) is 0.615. The van der Waals surface area contributed by atoms with Gasteiger partial charge in [-0.3, -0.25) is 0 Å². The van der Waals surface area contributed by atoms with Gasteiger partial charge in [-0.15, -0.1) is 0 Å². The lowest BCUT2D eigenvalue weighted by atomic mass is 10.1. The van der Waals surface area contributed by atoms with E-state index in [9.17, 15) is 8.42 Å². The van der Waals surface area contributed by atoms with E-state index in [-0.39, 0.29) is 17.7 Å². The van der Waals surface area contributed by atoms with Crippen LogP contribution in [0.2, 0.25) is 0 Å². The second-order valence-corrected chi connectivity index (χ2v) is 6.61. The molecule has 0 atom stereocenters. The van der Waals surface area contributed by atoms with Gasteiger partial charge in [0, 0.05) is 25.9 Å². The smallest absolute Gasteiger partial charge is 0.260 e. The molecule has 0 radical (unpaired) electrons. The van der Waals surface area contributed by atoms with Crippen LogP contribution in [0.4, 0.5) is 0 Å². The number of pyridine rings is 1. The van der Waals surface area contributed by atoms with E-state index in [4.69, 9.17) is 9.84 Å². The quantitative estimate of drug-likeness (QED) is 0.868. The largest absolute Gasteiger partial charge is 0.392 e. The summed E-state index contributed by atoms with van der Waals surface area (Å²) in [6, 6.07) is 3.02. The lowest BCUT2D eigenvalue weighted by molar-refractivity contribution is 0.0289. The van der Waals surface area contributed by atoms with Gasteiger partial charge < -0.3 is 9.84 Å². The van der Waals surface area contributed by atoms with E-state index < -0.39 is 10.0 Å². The minimum absolute atomic E-state index is 0.0320. The number of aliphatic hydroxyl groups excluding tert-OH is 1. The number of nitrogens with zero attached hydrogens (tertiary/aromatic N) is 2. The molecule has 1 aromatic rings. The van der Waals surface area contributed by atoms with Gasteiger partial charge in [0.1, 0.15) is 0 Å². The third kappa shape index (κ3) is 3.35. The van der Waals surface area contributed by atoms with E-state index in [1.807, 2.05) is 6.92 Å². The Balaban J connectivity index is 2.07. The molecule has 1 N–H and O–H groups in total. The third-order valence-corrected chi connectivity index (χ3v) is 5.20. The number of rotatable bonds is 5. The van der Waals surface area contributed by atoms with Crippen molar-refractivity contribution in [3.63, 3.8) is 0 Å². The highest BCUT2D eigenvalue weighted by Crippen LogP contribution is 2.21. The average Bonchev–Trinajstić information content (AvgIpc) is 2.48. The van der Waals surface area contributed by atoms with Crippen LogP contribution in [0.3, 0.4) is 0 Å². The first-order chi connectivity index (χ1) is 9.57. The Morgan fingerprint density at radius 3 is 2.60 bits per heavy atom. The minimum Gasteiger partial charge on any atom is -0.392 e. The fourth-order valence-electron chi connectivity index (χ4n) is 2.26. The summed E-state index contributed by atoms with van der Waals surface area (Å²) in [5.41, 5.74) is 0.596. The molecule has 1 aliphatic rings. The molecule has 0 saturated carbocycles. The van der Waals surface area contributed by atoms with Crippen molar-refractivity contribution in [1.29, 1.82) is 0 Å². The van der Waals surface area contributed by atoms with Gasteiger partial charge in [-0.05, 0) is 31.4 Å². The third-order valence-electron chi connectivity index (χ3n) is 3.39. The Morgan fingerprint density at radius 1 is 1.40 bits per heavy atom. The summed E-state index contributed by atoms with van der Waals surface area (Å²) >= 11 is 0. The Hall–Kier alpha value is -1.02. The van der Waals surface area contributed by atoms with Gasteiger partial charge in [-0.1, -0.05) is 6.07 Å². The number of ether oxygens (including phenoxy) is 1. The van der Waals surface area contributed by atoms with E-state index in [2.05, 4.69) is 4.98 Å². The Morgan fingerprint density at radius 2 is 2.10 bits per heavy atom. The second-order valence-electron chi connectivity index (χ2n) is 4.72. The molecule has 6 nitrogen and oxygen atoms in total. The highest BCUT2D eigenvalue weighted by atomic mass is 32.2. The lowest BCUT2D eigenvalue weighted by Crippen LogP contribution is -2.41. The molecule has 1 fully saturated rings. The van der Waals surface area contributed by atoms with Crippen LogP contribution < -0.4 is 0 Å². The number of hydrogen-bond acceptors (Lipinski definition) is 5. The fourth-order valence-corrected chi connectivity index (χ4v) is 3.65. The molecular formula is C13H20N2O4S. The van der Waals surface area contributed by atoms with Gasteiger partial charge in [-0.2, -0.15) is 4.31 Å². The molecule has 2 rings (SSSR count). The van der Waals surface area contributed by atoms with Crippen LogP contribution in [0.5, 0.6) is 0 Å². The Bertz CT molecular complexity index is 522. The summed E-state index contributed by atoms with van der Waals surface area (Å²) in [5.74, 6) is 0. The second kappa shape index (κ2) is 6.62. The number of aromatic nitrogens is 1. The Labute approximate surface area is 119 Å². The van der Waals surface area contributed by atoms with Crippen molar-refractivity contribution in [2.75, 3.05) is 19.7 Å². The first-order valence-corrected chi connectivity index (χ1v) is 8.19. The summed E-state index contributed by atoms with van der Waals surface area (Å²) < 4.78 is 31.8. The van der Waals surface area contributed by atoms with Crippen molar-refractivity contribution in [3.8, 4) is 0 Å². The predicted molar refractivity (Wildman–Crippen MR) is 73.6 cm³/mol. The van der Waals surface area contributed by atoms with E-state index in [1.165, 1.54) is 16.6 Å². The molecule has 0 amide bonds. The minimum atomic E-state index is -3.54. The lowest BCUT2D eigenvalue weighted by Gasteiger charge is -2.30. The van der Waals surface area contributed by atoms with Crippen LogP contribution in [0, 0.1) is 0 Å². The van der Waals surface area contributed by atoms with Gasteiger partial charge in [0.15, 0.2) is 5.03 Å². The summed E-state index contributed by atoms with van der Waals surface area (Å²) in [5, 5.41) is 8.98. The highest BCUT2D eigenvalue weighted by Gasteiger charge is 2.30. The van der Waals surface area contributed by atoms with Crippen LogP contribution in [0.1, 0.15) is 25.3 Å². The molecule has 112 valence electrons. The summed E-state index contributed by atoms with van der Waals surface area (Å²) in [6.45, 7) is 3.36. The molecule has 20 heavy (non-hydrogen) atoms. The number of sulfonamides is 1. The molecule has 2 heterocycles. The van der Waals surface area contributed by atoms with Gasteiger partial charge in [-0.25, -0.2) is 13.4 Å². The topological polar surface area (TPSA) is 79.7 Å². The van der Waals surface area contributed by atoms with Crippen molar-refractivity contribution in [2.45, 2.75) is 37.5 Å². The Kier molecular flexibility index (Phi) is 5.09. The van der Waals surface area contributed by atoms with Gasteiger partial charge in [0.25, 0.3) is 10.0 Å². The molecule has 0 aliphatic carbocycles. The van der Waals surface area contributed by atoms with Crippen molar-refractivity contribution < 1.29 is 18.3 Å². The molecule has 0 aromatic carbocycles. The standard InChI is InChI=1S/C13H20N2O4S/c1-2-19-12-5-7-15(8-6-12)20(17,18)13-4-3-11(10-16)9-14-13/h3-4,9,12,16H,2,5-8,10H2,1H3. The molecule has 7 heteroatoms. The monoisotopic (exact) mass is 300 g/mol. The molecule has 1 aromatic heterocycles. The molecular weight excluding hydrogens is 280 g/mol. The molecule has 0 unspecified atom stereocenters. The van der Waals surface area contributed by atoms with Crippen molar-refractivity contribution >= 4 is 10.0 Å².